The average molecular weight is 278 g/mol. The van der Waals surface area contributed by atoms with Gasteiger partial charge in [-0.2, -0.15) is 0 Å². The first-order valence-electron chi connectivity index (χ1n) is 6.46. The third-order valence-electron chi connectivity index (χ3n) is 3.28. The van der Waals surface area contributed by atoms with Crippen molar-refractivity contribution < 1.29 is 19.8 Å². The zero-order chi connectivity index (χ0) is 14.8. The lowest BCUT2D eigenvalue weighted by Crippen LogP contribution is -2.47. The molecule has 0 aliphatic carbocycles. The Balaban J connectivity index is 1.95. The largest absolute Gasteiger partial charge is 0.481 e. The molecule has 1 aromatic rings. The van der Waals surface area contributed by atoms with E-state index in [0.29, 0.717) is 6.54 Å². The molecule has 1 aliphatic heterocycles. The van der Waals surface area contributed by atoms with Gasteiger partial charge in [-0.15, -0.1) is 0 Å². The number of aliphatic hydroxyl groups is 1. The number of rotatable bonds is 4. The monoisotopic (exact) mass is 278 g/mol. The number of carboxylic acid groups (broad SMARTS) is 1. The summed E-state index contributed by atoms with van der Waals surface area (Å²) in [6, 6.07) is 7.32. The van der Waals surface area contributed by atoms with Crippen LogP contribution in [0.5, 0.6) is 0 Å². The summed E-state index contributed by atoms with van der Waals surface area (Å²) in [7, 11) is 0. The fourth-order valence-electron chi connectivity index (χ4n) is 2.30. The lowest BCUT2D eigenvalue weighted by atomic mass is 10.0. The van der Waals surface area contributed by atoms with Gasteiger partial charge in [0.1, 0.15) is 0 Å². The van der Waals surface area contributed by atoms with E-state index in [1.807, 2.05) is 24.3 Å². The van der Waals surface area contributed by atoms with Crippen LogP contribution in [0.4, 0.5) is 10.5 Å². The van der Waals surface area contributed by atoms with Gasteiger partial charge >= 0.3 is 12.0 Å². The minimum Gasteiger partial charge on any atom is -0.481 e. The van der Waals surface area contributed by atoms with Gasteiger partial charge in [-0.25, -0.2) is 4.79 Å². The fourth-order valence-corrected chi connectivity index (χ4v) is 2.30. The number of carbonyl (C=O) groups is 2. The zero-order valence-corrected chi connectivity index (χ0v) is 11.3. The van der Waals surface area contributed by atoms with Crippen LogP contribution in [-0.4, -0.2) is 40.9 Å². The molecule has 20 heavy (non-hydrogen) atoms. The van der Waals surface area contributed by atoms with Gasteiger partial charge < -0.3 is 15.5 Å². The van der Waals surface area contributed by atoms with E-state index in [9.17, 15) is 14.7 Å². The minimum absolute atomic E-state index is 0.100. The summed E-state index contributed by atoms with van der Waals surface area (Å²) in [6.07, 6.45) is 0.388. The predicted octanol–water partition coefficient (Wildman–Crippen LogP) is 0.984. The van der Waals surface area contributed by atoms with Crippen LogP contribution in [0.2, 0.25) is 0 Å². The summed E-state index contributed by atoms with van der Waals surface area (Å²) in [6.45, 7) is 1.88. The molecule has 3 N–H and O–H groups in total. The number of nitrogens with zero attached hydrogens (tertiary/aromatic N) is 1. The number of carbonyl (C=O) groups excluding carboxylic acids is 1. The summed E-state index contributed by atoms with van der Waals surface area (Å²) < 4.78 is 0. The number of aliphatic carboxylic acids is 1. The van der Waals surface area contributed by atoms with Crippen molar-refractivity contribution in [3.05, 3.63) is 29.8 Å². The lowest BCUT2D eigenvalue weighted by molar-refractivity contribution is -0.141. The van der Waals surface area contributed by atoms with Crippen LogP contribution in [0, 0.1) is 0 Å². The summed E-state index contributed by atoms with van der Waals surface area (Å²) in [5.74, 6) is -1.10. The fraction of sp³-hybridized carbons (Fsp3) is 0.429. The molecule has 1 aromatic carbocycles. The zero-order valence-electron chi connectivity index (χ0n) is 11.3. The predicted molar refractivity (Wildman–Crippen MR) is 73.8 cm³/mol. The van der Waals surface area contributed by atoms with Gasteiger partial charge in [-0.3, -0.25) is 9.69 Å². The Labute approximate surface area is 117 Å². The van der Waals surface area contributed by atoms with Gasteiger partial charge in [0.25, 0.3) is 0 Å². The normalized spacial score (nSPS) is 16.4. The Morgan fingerprint density at radius 2 is 2.10 bits per heavy atom. The van der Waals surface area contributed by atoms with Gasteiger partial charge in [0, 0.05) is 18.8 Å². The molecule has 1 unspecified atom stereocenters. The highest BCUT2D eigenvalue weighted by Crippen LogP contribution is 2.27. The Morgan fingerprint density at radius 3 is 2.80 bits per heavy atom. The van der Waals surface area contributed by atoms with Crippen molar-refractivity contribution in [3.8, 4) is 0 Å². The first kappa shape index (κ1) is 14.3. The van der Waals surface area contributed by atoms with Gasteiger partial charge in [0.15, 0.2) is 0 Å². The third-order valence-corrected chi connectivity index (χ3v) is 3.28. The van der Waals surface area contributed by atoms with E-state index in [-0.39, 0.29) is 12.6 Å². The van der Waals surface area contributed by atoms with Crippen molar-refractivity contribution in [2.75, 3.05) is 18.0 Å². The van der Waals surface area contributed by atoms with Gasteiger partial charge in [0.2, 0.25) is 0 Å². The number of amides is 2. The molecule has 6 heteroatoms. The maximum atomic E-state index is 12.1. The lowest BCUT2D eigenvalue weighted by Gasteiger charge is -2.24. The van der Waals surface area contributed by atoms with Crippen molar-refractivity contribution in [1.82, 2.24) is 5.32 Å². The molecule has 0 saturated carbocycles. The topological polar surface area (TPSA) is 89.9 Å². The van der Waals surface area contributed by atoms with E-state index >= 15 is 0 Å². The summed E-state index contributed by atoms with van der Waals surface area (Å²) in [5, 5.41) is 21.1. The maximum Gasteiger partial charge on any atom is 0.321 e. The molecule has 108 valence electrons. The molecule has 6 nitrogen and oxygen atoms in total. The van der Waals surface area contributed by atoms with E-state index in [1.54, 1.807) is 4.90 Å². The Bertz CT molecular complexity index is 528. The Hall–Kier alpha value is -2.08. The molecule has 0 spiro atoms. The molecule has 1 atom stereocenters. The van der Waals surface area contributed by atoms with E-state index in [0.717, 1.165) is 17.7 Å². The van der Waals surface area contributed by atoms with Crippen LogP contribution in [0.25, 0.3) is 0 Å². The highest BCUT2D eigenvalue weighted by Gasteiger charge is 2.28. The number of benzene rings is 1. The molecule has 0 radical (unpaired) electrons. The second kappa shape index (κ2) is 5.50. The van der Waals surface area contributed by atoms with Crippen LogP contribution >= 0.6 is 0 Å². The quantitative estimate of drug-likeness (QED) is 0.766. The number of para-hydroxylation sites is 1. The first-order valence-corrected chi connectivity index (χ1v) is 6.46. The molecule has 0 saturated heterocycles. The van der Waals surface area contributed by atoms with Crippen molar-refractivity contribution >= 4 is 17.7 Å². The standard InChI is InChI=1S/C14H18N2O4/c1-14(20,8-12(17)18)9-15-13(19)16-7-6-10-4-2-3-5-11(10)16/h2-5,20H,6-9H2,1H3,(H,15,19)(H,17,18). The van der Waals surface area contributed by atoms with Crippen molar-refractivity contribution in [2.45, 2.75) is 25.4 Å². The molecule has 0 aromatic heterocycles. The molecular weight excluding hydrogens is 260 g/mol. The Kier molecular flexibility index (Phi) is 3.94. The van der Waals surface area contributed by atoms with Crippen LogP contribution in [0.3, 0.4) is 0 Å². The summed E-state index contributed by atoms with van der Waals surface area (Å²) in [4.78, 5) is 24.3. The van der Waals surface area contributed by atoms with Crippen LogP contribution in [0.15, 0.2) is 24.3 Å². The minimum atomic E-state index is -1.46. The average Bonchev–Trinajstić information content (AvgIpc) is 2.78. The number of carboxylic acids is 1. The summed E-state index contributed by atoms with van der Waals surface area (Å²) >= 11 is 0. The van der Waals surface area contributed by atoms with Gasteiger partial charge in [0.05, 0.1) is 12.0 Å². The number of fused-ring (bicyclic) bond motifs is 1. The smallest absolute Gasteiger partial charge is 0.321 e. The van der Waals surface area contributed by atoms with Crippen molar-refractivity contribution in [2.24, 2.45) is 0 Å². The van der Waals surface area contributed by atoms with Crippen LogP contribution in [-0.2, 0) is 11.2 Å². The van der Waals surface area contributed by atoms with Crippen LogP contribution in [0.1, 0.15) is 18.9 Å². The first-order chi connectivity index (χ1) is 9.39. The molecule has 2 rings (SSSR count). The molecular formula is C14H18N2O4. The highest BCUT2D eigenvalue weighted by molar-refractivity contribution is 5.94. The highest BCUT2D eigenvalue weighted by atomic mass is 16.4. The molecule has 2 amide bonds. The number of hydrogen-bond acceptors (Lipinski definition) is 3. The van der Waals surface area contributed by atoms with E-state index in [1.165, 1.54) is 6.92 Å². The summed E-state index contributed by atoms with van der Waals surface area (Å²) in [5.41, 5.74) is 0.517. The number of anilines is 1. The SMILES string of the molecule is CC(O)(CNC(=O)N1CCc2ccccc21)CC(=O)O. The number of hydrogen-bond donors (Lipinski definition) is 3. The second-order valence-electron chi connectivity index (χ2n) is 5.26. The third kappa shape index (κ3) is 3.27. The molecule has 1 aliphatic rings. The molecule has 0 bridgehead atoms. The van der Waals surface area contributed by atoms with Gasteiger partial charge in [-0.05, 0) is 25.0 Å². The van der Waals surface area contributed by atoms with E-state index < -0.39 is 18.0 Å². The second-order valence-corrected chi connectivity index (χ2v) is 5.26. The number of nitrogens with one attached hydrogen (secondary N) is 1. The number of urea groups is 1. The van der Waals surface area contributed by atoms with E-state index in [4.69, 9.17) is 5.11 Å². The maximum absolute atomic E-state index is 12.1. The Morgan fingerprint density at radius 1 is 1.40 bits per heavy atom. The molecule has 0 fully saturated rings. The van der Waals surface area contributed by atoms with E-state index in [2.05, 4.69) is 5.32 Å². The van der Waals surface area contributed by atoms with Crippen molar-refractivity contribution in [3.63, 3.8) is 0 Å². The van der Waals surface area contributed by atoms with Crippen molar-refractivity contribution in [1.29, 1.82) is 0 Å². The molecule has 1 heterocycles. The van der Waals surface area contributed by atoms with Crippen LogP contribution < -0.4 is 10.2 Å². The van der Waals surface area contributed by atoms with Gasteiger partial charge in [-0.1, -0.05) is 18.2 Å².